The summed E-state index contributed by atoms with van der Waals surface area (Å²) in [6.45, 7) is 3.30. The molecule has 6 nitrogen and oxygen atoms in total. The SMILES string of the molecule is CSc1ccc(C(=O)N[C@@H](C)[C@@H]2CCOC2)cc1[N+](=O)[O-]. The number of nitrogens with one attached hydrogen (secondary N) is 1. The number of hydrogen-bond donors (Lipinski definition) is 1. The lowest BCUT2D eigenvalue weighted by Crippen LogP contribution is -2.38. The third-order valence-corrected chi connectivity index (χ3v) is 4.45. The second kappa shape index (κ2) is 6.91. The fourth-order valence-electron chi connectivity index (χ4n) is 2.33. The van der Waals surface area contributed by atoms with Gasteiger partial charge in [0.25, 0.3) is 11.6 Å². The summed E-state index contributed by atoms with van der Waals surface area (Å²) < 4.78 is 5.30. The molecule has 114 valence electrons. The number of nitro groups is 1. The van der Waals surface area contributed by atoms with Crippen LogP contribution < -0.4 is 5.32 Å². The van der Waals surface area contributed by atoms with Gasteiger partial charge in [0.15, 0.2) is 0 Å². The zero-order chi connectivity index (χ0) is 15.4. The van der Waals surface area contributed by atoms with Crippen molar-refractivity contribution in [3.8, 4) is 0 Å². The Kier molecular flexibility index (Phi) is 5.19. The van der Waals surface area contributed by atoms with Crippen LogP contribution in [-0.2, 0) is 4.74 Å². The van der Waals surface area contributed by atoms with Crippen molar-refractivity contribution in [2.45, 2.75) is 24.3 Å². The van der Waals surface area contributed by atoms with Crippen LogP contribution in [0.5, 0.6) is 0 Å². The Morgan fingerprint density at radius 2 is 2.33 bits per heavy atom. The lowest BCUT2D eigenvalue weighted by molar-refractivity contribution is -0.387. The monoisotopic (exact) mass is 310 g/mol. The molecule has 1 heterocycles. The largest absolute Gasteiger partial charge is 0.381 e. The van der Waals surface area contributed by atoms with Crippen LogP contribution in [0, 0.1) is 16.0 Å². The molecule has 1 saturated heterocycles. The Morgan fingerprint density at radius 3 is 2.90 bits per heavy atom. The normalized spacial score (nSPS) is 19.2. The summed E-state index contributed by atoms with van der Waals surface area (Å²) in [7, 11) is 0. The van der Waals surface area contributed by atoms with Crippen molar-refractivity contribution < 1.29 is 14.5 Å². The summed E-state index contributed by atoms with van der Waals surface area (Å²) in [5.74, 6) is 0.0135. The molecule has 2 atom stereocenters. The molecule has 1 N–H and O–H groups in total. The van der Waals surface area contributed by atoms with E-state index in [0.29, 0.717) is 23.0 Å². The van der Waals surface area contributed by atoms with E-state index in [-0.39, 0.29) is 17.6 Å². The van der Waals surface area contributed by atoms with Gasteiger partial charge in [-0.3, -0.25) is 14.9 Å². The second-order valence-electron chi connectivity index (χ2n) is 5.03. The van der Waals surface area contributed by atoms with Gasteiger partial charge in [-0.25, -0.2) is 0 Å². The zero-order valence-corrected chi connectivity index (χ0v) is 12.8. The molecule has 0 aromatic heterocycles. The second-order valence-corrected chi connectivity index (χ2v) is 5.88. The molecule has 0 aliphatic carbocycles. The van der Waals surface area contributed by atoms with Gasteiger partial charge >= 0.3 is 0 Å². The average molecular weight is 310 g/mol. The molecule has 1 aromatic rings. The zero-order valence-electron chi connectivity index (χ0n) is 12.0. The third-order valence-electron chi connectivity index (χ3n) is 3.67. The molecule has 0 unspecified atom stereocenters. The summed E-state index contributed by atoms with van der Waals surface area (Å²) in [6.07, 6.45) is 2.69. The molecule has 0 radical (unpaired) electrons. The number of nitro benzene ring substituents is 1. The Morgan fingerprint density at radius 1 is 1.57 bits per heavy atom. The molecular weight excluding hydrogens is 292 g/mol. The van der Waals surface area contributed by atoms with E-state index < -0.39 is 4.92 Å². The van der Waals surface area contributed by atoms with Gasteiger partial charge in [-0.1, -0.05) is 0 Å². The molecule has 1 aliphatic rings. The van der Waals surface area contributed by atoms with Crippen LogP contribution in [0.25, 0.3) is 0 Å². The molecule has 7 heteroatoms. The first kappa shape index (κ1) is 15.8. The van der Waals surface area contributed by atoms with E-state index >= 15 is 0 Å². The molecule has 1 fully saturated rings. The molecular formula is C14H18N2O4S. The standard InChI is InChI=1S/C14H18N2O4S/c1-9(11-5-6-20-8-11)15-14(17)10-3-4-13(21-2)12(7-10)16(18)19/h3-4,7,9,11H,5-6,8H2,1-2H3,(H,15,17)/t9-,11+/m0/s1. The predicted octanol–water partition coefficient (Wildman–Crippen LogP) is 2.47. The summed E-state index contributed by atoms with van der Waals surface area (Å²) in [5, 5.41) is 13.9. The van der Waals surface area contributed by atoms with Gasteiger partial charge in [0.2, 0.25) is 0 Å². The van der Waals surface area contributed by atoms with E-state index in [4.69, 9.17) is 4.74 Å². The lowest BCUT2D eigenvalue weighted by Gasteiger charge is -2.19. The van der Waals surface area contributed by atoms with Gasteiger partial charge in [0, 0.05) is 30.2 Å². The van der Waals surface area contributed by atoms with Crippen LogP contribution in [0.1, 0.15) is 23.7 Å². The van der Waals surface area contributed by atoms with Crippen molar-refractivity contribution in [1.29, 1.82) is 0 Å². The van der Waals surface area contributed by atoms with Gasteiger partial charge < -0.3 is 10.1 Å². The highest BCUT2D eigenvalue weighted by Gasteiger charge is 2.24. The van der Waals surface area contributed by atoms with E-state index in [2.05, 4.69) is 5.32 Å². The Hall–Kier alpha value is -1.60. The minimum atomic E-state index is -0.461. The van der Waals surface area contributed by atoms with Crippen molar-refractivity contribution >= 4 is 23.4 Å². The fourth-order valence-corrected chi connectivity index (χ4v) is 2.88. The van der Waals surface area contributed by atoms with E-state index in [1.54, 1.807) is 18.4 Å². The smallest absolute Gasteiger partial charge is 0.283 e. The molecule has 1 amide bonds. The van der Waals surface area contributed by atoms with Gasteiger partial charge in [0.1, 0.15) is 0 Å². The number of hydrogen-bond acceptors (Lipinski definition) is 5. The molecule has 1 aliphatic heterocycles. The van der Waals surface area contributed by atoms with Gasteiger partial charge in [-0.15, -0.1) is 11.8 Å². The maximum atomic E-state index is 12.2. The first-order valence-electron chi connectivity index (χ1n) is 6.74. The maximum absolute atomic E-state index is 12.2. The number of rotatable bonds is 5. The molecule has 21 heavy (non-hydrogen) atoms. The van der Waals surface area contributed by atoms with Crippen LogP contribution >= 0.6 is 11.8 Å². The predicted molar refractivity (Wildman–Crippen MR) is 80.7 cm³/mol. The Bertz CT molecular complexity index is 544. The Balaban J connectivity index is 2.11. The highest BCUT2D eigenvalue weighted by molar-refractivity contribution is 7.98. The van der Waals surface area contributed by atoms with Crippen molar-refractivity contribution in [3.05, 3.63) is 33.9 Å². The molecule has 0 spiro atoms. The van der Waals surface area contributed by atoms with Crippen LogP contribution in [0.15, 0.2) is 23.1 Å². The van der Waals surface area contributed by atoms with E-state index in [0.717, 1.165) is 13.0 Å². The number of carbonyl (C=O) groups is 1. The lowest BCUT2D eigenvalue weighted by atomic mass is 10.0. The highest BCUT2D eigenvalue weighted by Crippen LogP contribution is 2.28. The van der Waals surface area contributed by atoms with Crippen molar-refractivity contribution in [3.63, 3.8) is 0 Å². The first-order valence-corrected chi connectivity index (χ1v) is 7.96. The quantitative estimate of drug-likeness (QED) is 0.513. The molecule has 1 aromatic carbocycles. The number of amides is 1. The highest BCUT2D eigenvalue weighted by atomic mass is 32.2. The maximum Gasteiger partial charge on any atom is 0.283 e. The third kappa shape index (κ3) is 3.74. The Labute approximate surface area is 127 Å². The number of ether oxygens (including phenoxy) is 1. The summed E-state index contributed by atoms with van der Waals surface area (Å²) in [6, 6.07) is 4.55. The van der Waals surface area contributed by atoms with Gasteiger partial charge in [-0.05, 0) is 31.7 Å². The minimum absolute atomic E-state index is 0.0146. The van der Waals surface area contributed by atoms with E-state index in [1.807, 2.05) is 6.92 Å². The van der Waals surface area contributed by atoms with E-state index in [9.17, 15) is 14.9 Å². The van der Waals surface area contributed by atoms with E-state index in [1.165, 1.54) is 17.8 Å². The molecule has 2 rings (SSSR count). The van der Waals surface area contributed by atoms with Gasteiger partial charge in [0.05, 0.1) is 16.4 Å². The summed E-state index contributed by atoms with van der Waals surface area (Å²) >= 11 is 1.29. The molecule has 0 saturated carbocycles. The van der Waals surface area contributed by atoms with Crippen molar-refractivity contribution in [2.75, 3.05) is 19.5 Å². The van der Waals surface area contributed by atoms with Crippen LogP contribution in [0.2, 0.25) is 0 Å². The van der Waals surface area contributed by atoms with Crippen LogP contribution in [0.3, 0.4) is 0 Å². The topological polar surface area (TPSA) is 81.5 Å². The van der Waals surface area contributed by atoms with Crippen molar-refractivity contribution in [1.82, 2.24) is 5.32 Å². The summed E-state index contributed by atoms with van der Waals surface area (Å²) in [5.41, 5.74) is 0.275. The average Bonchev–Trinajstić information content (AvgIpc) is 3.00. The summed E-state index contributed by atoms with van der Waals surface area (Å²) in [4.78, 5) is 23.3. The van der Waals surface area contributed by atoms with Gasteiger partial charge in [-0.2, -0.15) is 0 Å². The fraction of sp³-hybridized carbons (Fsp3) is 0.500. The number of thioether (sulfide) groups is 1. The minimum Gasteiger partial charge on any atom is -0.381 e. The molecule has 0 bridgehead atoms. The van der Waals surface area contributed by atoms with Crippen molar-refractivity contribution in [2.24, 2.45) is 5.92 Å². The first-order chi connectivity index (χ1) is 10.0. The van der Waals surface area contributed by atoms with Crippen LogP contribution in [-0.4, -0.2) is 36.3 Å². The van der Waals surface area contributed by atoms with Crippen LogP contribution in [0.4, 0.5) is 5.69 Å². The number of nitrogens with zero attached hydrogens (tertiary/aromatic N) is 1. The number of carbonyl (C=O) groups excluding carboxylic acids is 1. The number of benzene rings is 1.